The predicted molar refractivity (Wildman–Crippen MR) is 103 cm³/mol. The molecule has 6 nitrogen and oxygen atoms in total. The Morgan fingerprint density at radius 3 is 2.65 bits per heavy atom. The van der Waals surface area contributed by atoms with Gasteiger partial charge in [-0.1, -0.05) is 34.6 Å². The maximum Gasteiger partial charge on any atom is 0.243 e. The van der Waals surface area contributed by atoms with Gasteiger partial charge in [-0.2, -0.15) is 0 Å². The van der Waals surface area contributed by atoms with Crippen LogP contribution >= 0.6 is 0 Å². The number of carbonyl (C=O) groups excluding carboxylic acids is 1. The third kappa shape index (κ3) is 4.83. The average Bonchev–Trinajstić information content (AvgIpc) is 2.97. The van der Waals surface area contributed by atoms with Gasteiger partial charge in [0.1, 0.15) is 5.65 Å². The summed E-state index contributed by atoms with van der Waals surface area (Å²) in [6.45, 7) is 13.9. The van der Waals surface area contributed by atoms with Crippen LogP contribution in [0.25, 0.3) is 5.65 Å². The first-order valence-corrected chi connectivity index (χ1v) is 9.45. The number of rotatable bonds is 8. The summed E-state index contributed by atoms with van der Waals surface area (Å²) < 4.78 is 2.18. The van der Waals surface area contributed by atoms with Crippen LogP contribution in [0.1, 0.15) is 64.4 Å². The molecule has 1 amide bonds. The van der Waals surface area contributed by atoms with Gasteiger partial charge in [-0.25, -0.2) is 10.5 Å². The highest BCUT2D eigenvalue weighted by molar-refractivity contribution is 5.74. The van der Waals surface area contributed by atoms with Crippen molar-refractivity contribution in [1.82, 2.24) is 19.8 Å². The van der Waals surface area contributed by atoms with Crippen molar-refractivity contribution < 1.29 is 10.0 Å². The number of hydrogen-bond acceptors (Lipinski definition) is 4. The number of pyridine rings is 1. The van der Waals surface area contributed by atoms with Crippen molar-refractivity contribution >= 4 is 11.6 Å². The highest BCUT2D eigenvalue weighted by Crippen LogP contribution is 2.28. The summed E-state index contributed by atoms with van der Waals surface area (Å²) in [6, 6.07) is 4.07. The van der Waals surface area contributed by atoms with Crippen LogP contribution in [0.2, 0.25) is 0 Å². The van der Waals surface area contributed by atoms with Gasteiger partial charge in [0.15, 0.2) is 0 Å². The van der Waals surface area contributed by atoms with Crippen LogP contribution in [0.3, 0.4) is 0 Å². The van der Waals surface area contributed by atoms with Gasteiger partial charge in [0.2, 0.25) is 5.91 Å². The number of carbonyl (C=O) groups is 1. The molecule has 2 rings (SSSR count). The number of nitrogens with zero attached hydrogens (tertiary/aromatic N) is 3. The van der Waals surface area contributed by atoms with E-state index < -0.39 is 0 Å². The second-order valence-corrected chi connectivity index (χ2v) is 7.82. The zero-order valence-electron chi connectivity index (χ0n) is 16.7. The molecule has 0 unspecified atom stereocenters. The quantitative estimate of drug-likeness (QED) is 0.560. The Kier molecular flexibility index (Phi) is 6.78. The van der Waals surface area contributed by atoms with Crippen LogP contribution in [-0.2, 0) is 23.2 Å². The van der Waals surface area contributed by atoms with Crippen molar-refractivity contribution in [2.45, 2.75) is 65.8 Å². The fourth-order valence-corrected chi connectivity index (χ4v) is 3.24. The highest BCUT2D eigenvalue weighted by atomic mass is 16.5. The number of imidazole rings is 1. The van der Waals surface area contributed by atoms with Crippen LogP contribution in [0.5, 0.6) is 0 Å². The lowest BCUT2D eigenvalue weighted by atomic mass is 9.90. The van der Waals surface area contributed by atoms with E-state index in [0.29, 0.717) is 6.42 Å². The van der Waals surface area contributed by atoms with E-state index in [4.69, 9.17) is 10.2 Å². The van der Waals surface area contributed by atoms with E-state index in [2.05, 4.69) is 50.1 Å². The summed E-state index contributed by atoms with van der Waals surface area (Å²) in [6.07, 6.45) is 4.02. The van der Waals surface area contributed by atoms with Gasteiger partial charge < -0.3 is 4.40 Å². The van der Waals surface area contributed by atoms with E-state index in [1.165, 1.54) is 5.69 Å². The summed E-state index contributed by atoms with van der Waals surface area (Å²) >= 11 is 0. The number of aryl methyl sites for hydroxylation is 1. The van der Waals surface area contributed by atoms with Crippen LogP contribution in [0.4, 0.5) is 0 Å². The Bertz CT molecular complexity index is 746. The first-order valence-electron chi connectivity index (χ1n) is 9.45. The van der Waals surface area contributed by atoms with E-state index in [9.17, 15) is 4.79 Å². The van der Waals surface area contributed by atoms with E-state index in [1.54, 1.807) is 5.48 Å². The van der Waals surface area contributed by atoms with Crippen molar-refractivity contribution in [2.24, 2.45) is 0 Å². The zero-order chi connectivity index (χ0) is 19.3. The lowest BCUT2D eigenvalue weighted by Crippen LogP contribution is -2.26. The minimum atomic E-state index is -0.373. The first kappa shape index (κ1) is 20.4. The third-order valence-corrected chi connectivity index (χ3v) is 4.63. The standard InChI is InChI=1S/C20H32N4O2/c1-6-11-23(7-2)14-16-19(20(3,4)5)21-17-13-15(10-12-24(16)17)8-9-18(25)22-26/h10,12-13,26H,6-9,11,14H2,1-5H3,(H,22,25). The van der Waals surface area contributed by atoms with E-state index >= 15 is 0 Å². The molecule has 2 aromatic heterocycles. The fraction of sp³-hybridized carbons (Fsp3) is 0.600. The Morgan fingerprint density at radius 1 is 1.35 bits per heavy atom. The topological polar surface area (TPSA) is 69.9 Å². The van der Waals surface area contributed by atoms with Crippen molar-refractivity contribution in [3.63, 3.8) is 0 Å². The molecule has 6 heteroatoms. The van der Waals surface area contributed by atoms with E-state index in [1.807, 2.05) is 12.1 Å². The molecule has 2 aromatic rings. The Balaban J connectivity index is 2.40. The first-order chi connectivity index (χ1) is 12.3. The number of amides is 1. The van der Waals surface area contributed by atoms with Gasteiger partial charge in [-0.15, -0.1) is 0 Å². The molecule has 2 N–H and O–H groups in total. The number of hydrogen-bond donors (Lipinski definition) is 2. The monoisotopic (exact) mass is 360 g/mol. The Hall–Kier alpha value is -1.92. The van der Waals surface area contributed by atoms with Gasteiger partial charge in [0.05, 0.1) is 11.4 Å². The summed E-state index contributed by atoms with van der Waals surface area (Å²) in [4.78, 5) is 18.6. The summed E-state index contributed by atoms with van der Waals surface area (Å²) in [5.41, 5.74) is 5.96. The van der Waals surface area contributed by atoms with Gasteiger partial charge >= 0.3 is 0 Å². The molecule has 0 fully saturated rings. The highest BCUT2D eigenvalue weighted by Gasteiger charge is 2.24. The minimum Gasteiger partial charge on any atom is -0.302 e. The Labute approximate surface area is 156 Å². The largest absolute Gasteiger partial charge is 0.302 e. The molecule has 0 radical (unpaired) electrons. The fourth-order valence-electron chi connectivity index (χ4n) is 3.24. The SMILES string of the molecule is CCCN(CC)Cc1c(C(C)(C)C)nc2cc(CCC(=O)NO)ccn12. The second-order valence-electron chi connectivity index (χ2n) is 7.82. The van der Waals surface area contributed by atoms with Crippen molar-refractivity contribution in [1.29, 1.82) is 0 Å². The molecule has 0 saturated carbocycles. The van der Waals surface area contributed by atoms with E-state index in [0.717, 1.165) is 43.0 Å². The summed E-state index contributed by atoms with van der Waals surface area (Å²) in [7, 11) is 0. The van der Waals surface area contributed by atoms with Crippen LogP contribution in [-0.4, -0.2) is 38.5 Å². The molecular weight excluding hydrogens is 328 g/mol. The third-order valence-electron chi connectivity index (χ3n) is 4.63. The van der Waals surface area contributed by atoms with Gasteiger partial charge in [0.25, 0.3) is 0 Å². The van der Waals surface area contributed by atoms with Crippen molar-refractivity contribution in [3.05, 3.63) is 35.3 Å². The molecule has 26 heavy (non-hydrogen) atoms. The molecule has 0 aliphatic carbocycles. The number of aromatic nitrogens is 2. The van der Waals surface area contributed by atoms with Crippen molar-refractivity contribution in [3.8, 4) is 0 Å². The molecule has 0 aliphatic heterocycles. The summed E-state index contributed by atoms with van der Waals surface area (Å²) in [5.74, 6) is -0.373. The Morgan fingerprint density at radius 2 is 2.08 bits per heavy atom. The number of fused-ring (bicyclic) bond motifs is 1. The molecule has 0 saturated heterocycles. The number of hydroxylamine groups is 1. The second kappa shape index (κ2) is 8.64. The van der Waals surface area contributed by atoms with Crippen LogP contribution < -0.4 is 5.48 Å². The molecular formula is C20H32N4O2. The lowest BCUT2D eigenvalue weighted by molar-refractivity contribution is -0.129. The molecule has 0 atom stereocenters. The van der Waals surface area contributed by atoms with Gasteiger partial charge in [0, 0.05) is 24.6 Å². The molecule has 0 bridgehead atoms. The zero-order valence-corrected chi connectivity index (χ0v) is 16.7. The normalized spacial score (nSPS) is 12.1. The average molecular weight is 361 g/mol. The molecule has 0 spiro atoms. The smallest absolute Gasteiger partial charge is 0.243 e. The number of nitrogens with one attached hydrogen (secondary N) is 1. The van der Waals surface area contributed by atoms with E-state index in [-0.39, 0.29) is 17.7 Å². The molecule has 0 aromatic carbocycles. The minimum absolute atomic E-state index is 0.0378. The van der Waals surface area contributed by atoms with Crippen LogP contribution in [0.15, 0.2) is 18.3 Å². The van der Waals surface area contributed by atoms with Crippen LogP contribution in [0, 0.1) is 0 Å². The molecule has 2 heterocycles. The summed E-state index contributed by atoms with van der Waals surface area (Å²) in [5, 5.41) is 8.64. The predicted octanol–water partition coefficient (Wildman–Crippen LogP) is 3.30. The maximum absolute atomic E-state index is 11.3. The van der Waals surface area contributed by atoms with Gasteiger partial charge in [-0.05, 0) is 43.6 Å². The lowest BCUT2D eigenvalue weighted by Gasteiger charge is -2.23. The van der Waals surface area contributed by atoms with Crippen molar-refractivity contribution in [2.75, 3.05) is 13.1 Å². The van der Waals surface area contributed by atoms with Gasteiger partial charge in [-0.3, -0.25) is 14.9 Å². The maximum atomic E-state index is 11.3. The molecule has 0 aliphatic rings. The molecule has 144 valence electrons.